The molecule has 2 aromatic rings. The molecule has 0 saturated heterocycles. The number of carbonyl (C=O) groups excluding carboxylic acids is 4. The number of methoxy groups -OCH3 is 4. The normalized spacial score (nSPS) is 12.7. The second kappa shape index (κ2) is 15.3. The Labute approximate surface area is 257 Å². The number of carbonyl (C=O) groups is 4. The van der Waals surface area contributed by atoms with Gasteiger partial charge in [0.1, 0.15) is 11.2 Å². The molecular formula is C32H42O12. The van der Waals surface area contributed by atoms with E-state index in [1.54, 1.807) is 77.9 Å². The first-order valence-electron chi connectivity index (χ1n) is 13.8. The molecule has 0 aliphatic rings. The Bertz CT molecular complexity index is 1220. The smallest absolute Gasteiger partial charge is 0.352 e. The fraction of sp³-hybridized carbons (Fsp3) is 0.500. The topological polar surface area (TPSA) is 142 Å². The molecule has 0 radical (unpaired) electrons. The van der Waals surface area contributed by atoms with Gasteiger partial charge < -0.3 is 37.9 Å². The van der Waals surface area contributed by atoms with E-state index in [4.69, 9.17) is 37.9 Å². The van der Waals surface area contributed by atoms with Crippen molar-refractivity contribution in [3.8, 4) is 23.0 Å². The molecule has 12 heteroatoms. The fourth-order valence-corrected chi connectivity index (χ4v) is 3.87. The Morgan fingerprint density at radius 2 is 0.864 bits per heavy atom. The third kappa shape index (κ3) is 11.0. The van der Waals surface area contributed by atoms with Crippen molar-refractivity contribution in [1.29, 1.82) is 0 Å². The van der Waals surface area contributed by atoms with Crippen LogP contribution in [0.25, 0.3) is 0 Å². The summed E-state index contributed by atoms with van der Waals surface area (Å²) in [6, 6.07) is 9.56. The molecule has 0 aliphatic carbocycles. The summed E-state index contributed by atoms with van der Waals surface area (Å²) in [4.78, 5) is 53.0. The SMILES string of the molecule is COc1ccc(CC(=O)O[C@@H](C(=O)OC(C)(C)C)[C@@H](OC(=O)Cc2ccc(OC)c(OC)c2)C(=O)OC(C)(C)C)cc1OC. The highest BCUT2D eigenvalue weighted by molar-refractivity contribution is 5.90. The number of hydrogen-bond acceptors (Lipinski definition) is 12. The molecule has 0 unspecified atom stereocenters. The lowest BCUT2D eigenvalue weighted by Gasteiger charge is -2.29. The van der Waals surface area contributed by atoms with E-state index >= 15 is 0 Å². The lowest BCUT2D eigenvalue weighted by atomic mass is 10.1. The molecule has 12 nitrogen and oxygen atoms in total. The van der Waals surface area contributed by atoms with E-state index in [2.05, 4.69) is 0 Å². The van der Waals surface area contributed by atoms with Crippen LogP contribution in [0.1, 0.15) is 52.7 Å². The fourth-order valence-electron chi connectivity index (χ4n) is 3.87. The monoisotopic (exact) mass is 618 g/mol. The maximum absolute atomic E-state index is 13.4. The first kappa shape index (κ1) is 35.7. The summed E-state index contributed by atoms with van der Waals surface area (Å²) < 4.78 is 42.9. The average Bonchev–Trinajstić information content (AvgIpc) is 2.92. The molecule has 44 heavy (non-hydrogen) atoms. The first-order chi connectivity index (χ1) is 20.5. The predicted octanol–water partition coefficient (Wildman–Crippen LogP) is 4.01. The van der Waals surface area contributed by atoms with Crippen molar-refractivity contribution in [2.45, 2.75) is 77.8 Å². The van der Waals surface area contributed by atoms with Gasteiger partial charge >= 0.3 is 23.9 Å². The molecule has 242 valence electrons. The second-order valence-electron chi connectivity index (χ2n) is 11.6. The van der Waals surface area contributed by atoms with Crippen molar-refractivity contribution in [2.75, 3.05) is 28.4 Å². The van der Waals surface area contributed by atoms with Crippen molar-refractivity contribution in [3.63, 3.8) is 0 Å². The van der Waals surface area contributed by atoms with Gasteiger partial charge in [-0.05, 0) is 76.9 Å². The van der Waals surface area contributed by atoms with Crippen LogP contribution in [-0.4, -0.2) is 75.7 Å². The predicted molar refractivity (Wildman–Crippen MR) is 158 cm³/mol. The molecule has 0 bridgehead atoms. The van der Waals surface area contributed by atoms with Gasteiger partial charge in [-0.15, -0.1) is 0 Å². The Morgan fingerprint density at radius 1 is 0.545 bits per heavy atom. The van der Waals surface area contributed by atoms with E-state index in [0.29, 0.717) is 34.1 Å². The van der Waals surface area contributed by atoms with Gasteiger partial charge in [-0.1, -0.05) is 12.1 Å². The third-order valence-corrected chi connectivity index (χ3v) is 5.66. The van der Waals surface area contributed by atoms with Crippen molar-refractivity contribution < 1.29 is 57.1 Å². The van der Waals surface area contributed by atoms with Gasteiger partial charge in [0, 0.05) is 0 Å². The second-order valence-corrected chi connectivity index (χ2v) is 11.6. The van der Waals surface area contributed by atoms with Gasteiger partial charge in [-0.2, -0.15) is 0 Å². The highest BCUT2D eigenvalue weighted by Crippen LogP contribution is 2.29. The summed E-state index contributed by atoms with van der Waals surface area (Å²) in [6.45, 7) is 9.58. The number of ether oxygens (including phenoxy) is 8. The van der Waals surface area contributed by atoms with Gasteiger partial charge in [-0.25, -0.2) is 9.59 Å². The molecule has 0 saturated carbocycles. The Kier molecular flexibility index (Phi) is 12.4. The Hall–Kier alpha value is -4.48. The highest BCUT2D eigenvalue weighted by Gasteiger charge is 2.45. The number of esters is 4. The summed E-state index contributed by atoms with van der Waals surface area (Å²) in [7, 11) is 5.83. The van der Waals surface area contributed by atoms with E-state index in [9.17, 15) is 19.2 Å². The highest BCUT2D eigenvalue weighted by atomic mass is 16.6. The van der Waals surface area contributed by atoms with Crippen LogP contribution in [0.2, 0.25) is 0 Å². The van der Waals surface area contributed by atoms with E-state index in [1.165, 1.54) is 28.4 Å². The molecule has 2 aromatic carbocycles. The van der Waals surface area contributed by atoms with Gasteiger partial charge in [-0.3, -0.25) is 9.59 Å². The molecule has 0 aromatic heterocycles. The zero-order valence-electron chi connectivity index (χ0n) is 26.9. The standard InChI is InChI=1S/C32H42O12/c1-31(2,3)43-29(35)27(41-25(33)17-19-11-13-21(37-7)23(15-19)39-9)28(30(36)44-32(4,5)6)42-26(34)18-20-12-14-22(38-8)24(16-20)40-10/h11-16,27-28H,17-18H2,1-10H3/t27-,28-/m1/s1. The molecule has 2 atom stereocenters. The minimum atomic E-state index is -1.98. The van der Waals surface area contributed by atoms with Crippen molar-refractivity contribution >= 4 is 23.9 Å². The van der Waals surface area contributed by atoms with Gasteiger partial charge in [0.25, 0.3) is 0 Å². The molecule has 0 amide bonds. The number of benzene rings is 2. The van der Waals surface area contributed by atoms with E-state index in [1.807, 2.05) is 0 Å². The average molecular weight is 619 g/mol. The lowest BCUT2D eigenvalue weighted by molar-refractivity contribution is -0.199. The first-order valence-corrected chi connectivity index (χ1v) is 13.8. The largest absolute Gasteiger partial charge is 0.493 e. The molecule has 2 rings (SSSR count). The van der Waals surface area contributed by atoms with Crippen LogP contribution in [0.15, 0.2) is 36.4 Å². The molecule has 0 fully saturated rings. The van der Waals surface area contributed by atoms with Crippen molar-refractivity contribution in [1.82, 2.24) is 0 Å². The molecular weight excluding hydrogens is 576 g/mol. The Morgan fingerprint density at radius 3 is 1.14 bits per heavy atom. The Balaban J connectivity index is 2.43. The minimum absolute atomic E-state index is 0.319. The van der Waals surface area contributed by atoms with Crippen LogP contribution in [0.3, 0.4) is 0 Å². The van der Waals surface area contributed by atoms with Crippen LogP contribution in [0, 0.1) is 0 Å². The minimum Gasteiger partial charge on any atom is -0.493 e. The maximum atomic E-state index is 13.4. The van der Waals surface area contributed by atoms with Crippen LogP contribution >= 0.6 is 0 Å². The number of rotatable bonds is 13. The van der Waals surface area contributed by atoms with Crippen LogP contribution in [0.4, 0.5) is 0 Å². The third-order valence-electron chi connectivity index (χ3n) is 5.66. The van der Waals surface area contributed by atoms with Crippen LogP contribution in [0.5, 0.6) is 23.0 Å². The molecule has 0 N–H and O–H groups in total. The van der Waals surface area contributed by atoms with E-state index in [-0.39, 0.29) is 12.8 Å². The summed E-state index contributed by atoms with van der Waals surface area (Å²) in [5.41, 5.74) is -1.13. The quantitative estimate of drug-likeness (QED) is 0.236. The zero-order valence-corrected chi connectivity index (χ0v) is 26.9. The summed E-state index contributed by atoms with van der Waals surface area (Å²) >= 11 is 0. The zero-order chi connectivity index (χ0) is 33.2. The maximum Gasteiger partial charge on any atom is 0.352 e. The molecule has 0 spiro atoms. The summed E-state index contributed by atoms with van der Waals surface area (Å²) in [6.07, 6.45) is -4.60. The lowest BCUT2D eigenvalue weighted by Crippen LogP contribution is -2.50. The van der Waals surface area contributed by atoms with Crippen LogP contribution in [-0.2, 0) is 51.0 Å². The van der Waals surface area contributed by atoms with E-state index in [0.717, 1.165) is 0 Å². The van der Waals surface area contributed by atoms with Gasteiger partial charge in [0.15, 0.2) is 23.0 Å². The van der Waals surface area contributed by atoms with E-state index < -0.39 is 47.3 Å². The summed E-state index contributed by atoms with van der Waals surface area (Å²) in [5, 5.41) is 0. The van der Waals surface area contributed by atoms with Crippen molar-refractivity contribution in [2.24, 2.45) is 0 Å². The van der Waals surface area contributed by atoms with Gasteiger partial charge in [0.05, 0.1) is 41.3 Å². The van der Waals surface area contributed by atoms with Crippen LogP contribution < -0.4 is 18.9 Å². The van der Waals surface area contributed by atoms with Gasteiger partial charge in [0.2, 0.25) is 12.2 Å². The summed E-state index contributed by atoms with van der Waals surface area (Å²) in [5.74, 6) is -2.38. The molecule has 0 aliphatic heterocycles. The number of hydrogen-bond donors (Lipinski definition) is 0. The molecule has 0 heterocycles. The van der Waals surface area contributed by atoms with Crippen molar-refractivity contribution in [3.05, 3.63) is 47.5 Å².